The number of rotatable bonds is 4. The summed E-state index contributed by atoms with van der Waals surface area (Å²) in [5.74, 6) is -0.264. The van der Waals surface area contributed by atoms with Crippen molar-refractivity contribution < 1.29 is 9.59 Å². The van der Waals surface area contributed by atoms with Gasteiger partial charge in [-0.25, -0.2) is 4.98 Å². The van der Waals surface area contributed by atoms with Crippen molar-refractivity contribution in [1.29, 1.82) is 0 Å². The highest BCUT2D eigenvalue weighted by Crippen LogP contribution is 2.22. The molecule has 0 atom stereocenters. The predicted molar refractivity (Wildman–Crippen MR) is 109 cm³/mol. The Morgan fingerprint density at radius 2 is 1.85 bits per heavy atom. The third kappa shape index (κ3) is 3.86. The van der Waals surface area contributed by atoms with E-state index in [1.807, 2.05) is 27.8 Å². The Balaban J connectivity index is 1.45. The van der Waals surface area contributed by atoms with E-state index in [0.717, 1.165) is 18.2 Å². The van der Waals surface area contributed by atoms with Gasteiger partial charge in [-0.05, 0) is 23.6 Å². The van der Waals surface area contributed by atoms with Crippen LogP contribution in [0, 0.1) is 0 Å². The van der Waals surface area contributed by atoms with Gasteiger partial charge in [0.25, 0.3) is 11.8 Å². The van der Waals surface area contributed by atoms with Gasteiger partial charge >= 0.3 is 0 Å². The molecule has 2 aromatic heterocycles. The normalized spacial score (nSPS) is 14.2. The van der Waals surface area contributed by atoms with Gasteiger partial charge in [-0.1, -0.05) is 12.1 Å². The highest BCUT2D eigenvalue weighted by Gasteiger charge is 2.25. The van der Waals surface area contributed by atoms with Crippen LogP contribution >= 0.6 is 22.7 Å². The fourth-order valence-corrected chi connectivity index (χ4v) is 4.34. The number of thiophene rings is 1. The molecule has 0 bridgehead atoms. The summed E-state index contributed by atoms with van der Waals surface area (Å²) < 4.78 is 0. The van der Waals surface area contributed by atoms with Gasteiger partial charge in [0.1, 0.15) is 0 Å². The van der Waals surface area contributed by atoms with Crippen molar-refractivity contribution in [3.8, 4) is 0 Å². The van der Waals surface area contributed by atoms with Crippen LogP contribution in [0.3, 0.4) is 0 Å². The number of aromatic nitrogens is 1. The lowest BCUT2D eigenvalue weighted by Gasteiger charge is -2.34. The molecule has 138 valence electrons. The van der Waals surface area contributed by atoms with Gasteiger partial charge < -0.3 is 15.1 Å². The molecule has 27 heavy (non-hydrogen) atoms. The van der Waals surface area contributed by atoms with Crippen LogP contribution in [-0.4, -0.2) is 47.9 Å². The minimum absolute atomic E-state index is 0.0602. The molecule has 8 heteroatoms. The van der Waals surface area contributed by atoms with E-state index in [9.17, 15) is 9.59 Å². The number of benzene rings is 1. The number of anilines is 2. The van der Waals surface area contributed by atoms with Gasteiger partial charge in [-0.15, -0.1) is 11.3 Å². The standard InChI is InChI=1S/C19H18N4O2S2/c24-17(14-5-11-26-13-14)21-16-4-2-1-3-15(16)18(25)22-7-9-23(10-8-22)19-20-6-12-27-19/h1-6,11-13H,7-10H2,(H,21,24). The lowest BCUT2D eigenvalue weighted by atomic mass is 10.1. The van der Waals surface area contributed by atoms with Gasteiger partial charge in [-0.2, -0.15) is 11.3 Å². The van der Waals surface area contributed by atoms with Crippen LogP contribution in [-0.2, 0) is 0 Å². The SMILES string of the molecule is O=C(Nc1ccccc1C(=O)N1CCN(c2nccs2)CC1)c1ccsc1. The number of nitrogens with zero attached hydrogens (tertiary/aromatic N) is 3. The predicted octanol–water partition coefficient (Wildman–Crippen LogP) is 3.42. The summed E-state index contributed by atoms with van der Waals surface area (Å²) in [5.41, 5.74) is 1.66. The fraction of sp³-hybridized carbons (Fsp3) is 0.211. The second-order valence-corrected chi connectivity index (χ2v) is 7.76. The molecular weight excluding hydrogens is 380 g/mol. The Labute approximate surface area is 165 Å². The lowest BCUT2D eigenvalue weighted by Crippen LogP contribution is -2.48. The smallest absolute Gasteiger partial charge is 0.256 e. The molecular formula is C19H18N4O2S2. The molecule has 1 aliphatic heterocycles. The Morgan fingerprint density at radius 1 is 1.04 bits per heavy atom. The van der Waals surface area contributed by atoms with Gasteiger partial charge in [0.15, 0.2) is 5.13 Å². The number of hydrogen-bond donors (Lipinski definition) is 1. The first-order valence-corrected chi connectivity index (χ1v) is 10.4. The van der Waals surface area contributed by atoms with Crippen molar-refractivity contribution in [2.45, 2.75) is 0 Å². The monoisotopic (exact) mass is 398 g/mol. The zero-order valence-electron chi connectivity index (χ0n) is 14.5. The van der Waals surface area contributed by atoms with Crippen LogP contribution in [0.5, 0.6) is 0 Å². The average molecular weight is 399 g/mol. The second-order valence-electron chi connectivity index (χ2n) is 6.11. The van der Waals surface area contributed by atoms with E-state index in [1.165, 1.54) is 11.3 Å². The van der Waals surface area contributed by atoms with E-state index in [-0.39, 0.29) is 11.8 Å². The van der Waals surface area contributed by atoms with Crippen LogP contribution in [0.2, 0.25) is 0 Å². The van der Waals surface area contributed by atoms with Crippen molar-refractivity contribution in [3.05, 3.63) is 63.8 Å². The summed E-state index contributed by atoms with van der Waals surface area (Å²) >= 11 is 3.07. The molecule has 1 fully saturated rings. The highest BCUT2D eigenvalue weighted by atomic mass is 32.1. The molecule has 1 saturated heterocycles. The van der Waals surface area contributed by atoms with Crippen LogP contribution in [0.1, 0.15) is 20.7 Å². The molecule has 4 rings (SSSR count). The van der Waals surface area contributed by atoms with Crippen molar-refractivity contribution in [3.63, 3.8) is 0 Å². The zero-order valence-corrected chi connectivity index (χ0v) is 16.1. The van der Waals surface area contributed by atoms with E-state index in [1.54, 1.807) is 41.1 Å². The molecule has 3 heterocycles. The van der Waals surface area contributed by atoms with Gasteiger partial charge in [0.05, 0.1) is 16.8 Å². The number of carbonyl (C=O) groups excluding carboxylic acids is 2. The van der Waals surface area contributed by atoms with E-state index in [2.05, 4.69) is 15.2 Å². The van der Waals surface area contributed by atoms with E-state index >= 15 is 0 Å². The molecule has 0 radical (unpaired) electrons. The number of para-hydroxylation sites is 1. The zero-order chi connectivity index (χ0) is 18.6. The minimum Gasteiger partial charge on any atom is -0.345 e. The third-order valence-corrected chi connectivity index (χ3v) is 5.96. The summed E-state index contributed by atoms with van der Waals surface area (Å²) in [4.78, 5) is 33.7. The Bertz CT molecular complexity index is 917. The van der Waals surface area contributed by atoms with E-state index in [4.69, 9.17) is 0 Å². The maximum atomic E-state index is 13.0. The number of amides is 2. The summed E-state index contributed by atoms with van der Waals surface area (Å²) in [6.07, 6.45) is 1.80. The van der Waals surface area contributed by atoms with Crippen LogP contribution in [0.25, 0.3) is 0 Å². The highest BCUT2D eigenvalue weighted by molar-refractivity contribution is 7.13. The molecule has 0 spiro atoms. The van der Waals surface area contributed by atoms with Crippen LogP contribution < -0.4 is 10.2 Å². The minimum atomic E-state index is -0.204. The molecule has 1 aliphatic rings. The quantitative estimate of drug-likeness (QED) is 0.731. The lowest BCUT2D eigenvalue weighted by molar-refractivity contribution is 0.0748. The number of thiazole rings is 1. The third-order valence-electron chi connectivity index (χ3n) is 4.45. The second kappa shape index (κ2) is 7.89. The number of carbonyl (C=O) groups is 2. The van der Waals surface area contributed by atoms with Gasteiger partial charge in [-0.3, -0.25) is 9.59 Å². The van der Waals surface area contributed by atoms with Crippen molar-refractivity contribution in [2.24, 2.45) is 0 Å². The van der Waals surface area contributed by atoms with Gasteiger partial charge in [0, 0.05) is 43.1 Å². The number of hydrogen-bond acceptors (Lipinski definition) is 6. The summed E-state index contributed by atoms with van der Waals surface area (Å²) in [6, 6.07) is 8.93. The number of piperazine rings is 1. The average Bonchev–Trinajstić information content (AvgIpc) is 3.42. The molecule has 0 unspecified atom stereocenters. The Hall–Kier alpha value is -2.71. The van der Waals surface area contributed by atoms with Crippen molar-refractivity contribution in [2.75, 3.05) is 36.4 Å². The molecule has 6 nitrogen and oxygen atoms in total. The summed E-state index contributed by atoms with van der Waals surface area (Å²) in [7, 11) is 0. The Kier molecular flexibility index (Phi) is 5.17. The molecule has 0 aliphatic carbocycles. The first-order chi connectivity index (χ1) is 13.2. The molecule has 0 saturated carbocycles. The largest absolute Gasteiger partial charge is 0.345 e. The molecule has 3 aromatic rings. The van der Waals surface area contributed by atoms with Crippen molar-refractivity contribution >= 4 is 45.3 Å². The van der Waals surface area contributed by atoms with E-state index < -0.39 is 0 Å². The summed E-state index contributed by atoms with van der Waals surface area (Å²) in [6.45, 7) is 2.77. The molecule has 1 N–H and O–H groups in total. The maximum absolute atomic E-state index is 13.0. The summed E-state index contributed by atoms with van der Waals surface area (Å²) in [5, 5.41) is 9.46. The van der Waals surface area contributed by atoms with Crippen molar-refractivity contribution in [1.82, 2.24) is 9.88 Å². The van der Waals surface area contributed by atoms with Crippen LogP contribution in [0.4, 0.5) is 10.8 Å². The first kappa shape index (κ1) is 17.7. The van der Waals surface area contributed by atoms with E-state index in [0.29, 0.717) is 29.9 Å². The molecule has 1 aromatic carbocycles. The Morgan fingerprint density at radius 3 is 2.56 bits per heavy atom. The van der Waals surface area contributed by atoms with Gasteiger partial charge in [0.2, 0.25) is 0 Å². The molecule has 2 amide bonds. The topological polar surface area (TPSA) is 65.5 Å². The number of nitrogens with one attached hydrogen (secondary N) is 1. The maximum Gasteiger partial charge on any atom is 0.256 e. The first-order valence-electron chi connectivity index (χ1n) is 8.58. The van der Waals surface area contributed by atoms with Crippen LogP contribution in [0.15, 0.2) is 52.7 Å². The fourth-order valence-electron chi connectivity index (χ4n) is 3.01.